The second kappa shape index (κ2) is 5.69. The van der Waals surface area contributed by atoms with Crippen molar-refractivity contribution in [1.29, 1.82) is 0 Å². The van der Waals surface area contributed by atoms with E-state index in [1.807, 2.05) is 37.7 Å². The summed E-state index contributed by atoms with van der Waals surface area (Å²) in [6.45, 7) is 8.31. The predicted molar refractivity (Wildman–Crippen MR) is 98.9 cm³/mol. The summed E-state index contributed by atoms with van der Waals surface area (Å²) in [4.78, 5) is 0. The van der Waals surface area contributed by atoms with Crippen LogP contribution in [0, 0.1) is 19.3 Å². The molecule has 0 saturated carbocycles. The Hall–Kier alpha value is -2.63. The van der Waals surface area contributed by atoms with Gasteiger partial charge in [-0.15, -0.1) is 10.2 Å². The Balaban J connectivity index is 1.74. The molecule has 0 spiro atoms. The fraction of sp³-hybridized carbons (Fsp3) is 0.450. The van der Waals surface area contributed by atoms with Gasteiger partial charge < -0.3 is 9.52 Å². The van der Waals surface area contributed by atoms with Crippen LogP contribution in [0.25, 0.3) is 23.0 Å². The summed E-state index contributed by atoms with van der Waals surface area (Å²) in [5.74, 6) is 1.21. The summed E-state index contributed by atoms with van der Waals surface area (Å²) in [7, 11) is 1.98. The Labute approximate surface area is 152 Å². The molecule has 0 aliphatic heterocycles. The fourth-order valence-corrected chi connectivity index (χ4v) is 3.78. The lowest BCUT2D eigenvalue weighted by Crippen LogP contribution is -2.23. The van der Waals surface area contributed by atoms with Gasteiger partial charge in [0.15, 0.2) is 5.69 Å². The first-order valence-corrected chi connectivity index (χ1v) is 8.94. The van der Waals surface area contributed by atoms with Crippen molar-refractivity contribution in [2.45, 2.75) is 47.0 Å². The molecule has 6 heteroatoms. The minimum Gasteiger partial charge on any atom is -0.507 e. The van der Waals surface area contributed by atoms with E-state index in [4.69, 9.17) is 4.42 Å². The van der Waals surface area contributed by atoms with Crippen molar-refractivity contribution in [2.75, 3.05) is 0 Å². The Morgan fingerprint density at radius 3 is 2.46 bits per heavy atom. The maximum atomic E-state index is 9.96. The van der Waals surface area contributed by atoms with Crippen LogP contribution in [0.1, 0.15) is 42.7 Å². The summed E-state index contributed by atoms with van der Waals surface area (Å²) in [6, 6.07) is 3.71. The molecule has 136 valence electrons. The number of phenols is 1. The number of aromatic hydroxyl groups is 1. The van der Waals surface area contributed by atoms with E-state index in [0.29, 0.717) is 22.9 Å². The molecule has 0 unspecified atom stereocenters. The van der Waals surface area contributed by atoms with Gasteiger partial charge in [-0.05, 0) is 61.8 Å². The summed E-state index contributed by atoms with van der Waals surface area (Å²) in [6.07, 6.45) is 3.10. The van der Waals surface area contributed by atoms with Crippen LogP contribution in [0.2, 0.25) is 0 Å². The van der Waals surface area contributed by atoms with Crippen LogP contribution in [-0.4, -0.2) is 25.1 Å². The van der Waals surface area contributed by atoms with Gasteiger partial charge in [0, 0.05) is 23.9 Å². The lowest BCUT2D eigenvalue weighted by Gasteiger charge is -2.29. The van der Waals surface area contributed by atoms with E-state index in [0.717, 1.165) is 41.6 Å². The Morgan fingerprint density at radius 2 is 1.77 bits per heavy atom. The molecule has 1 aliphatic rings. The van der Waals surface area contributed by atoms with Gasteiger partial charge in [-0.3, -0.25) is 4.68 Å². The largest absolute Gasteiger partial charge is 0.507 e. The van der Waals surface area contributed by atoms with Crippen molar-refractivity contribution in [3.63, 3.8) is 0 Å². The van der Waals surface area contributed by atoms with Crippen molar-refractivity contribution in [3.05, 3.63) is 34.5 Å². The molecule has 1 N–H and O–H groups in total. The highest BCUT2D eigenvalue weighted by atomic mass is 16.4. The van der Waals surface area contributed by atoms with Gasteiger partial charge in [0.25, 0.3) is 5.89 Å². The van der Waals surface area contributed by atoms with Gasteiger partial charge in [-0.1, -0.05) is 13.8 Å². The number of hydrogen-bond acceptors (Lipinski definition) is 5. The number of benzene rings is 1. The van der Waals surface area contributed by atoms with Gasteiger partial charge in [-0.25, -0.2) is 0 Å². The van der Waals surface area contributed by atoms with E-state index in [1.54, 1.807) is 0 Å². The topological polar surface area (TPSA) is 77.0 Å². The zero-order valence-corrected chi connectivity index (χ0v) is 15.9. The van der Waals surface area contributed by atoms with E-state index >= 15 is 0 Å². The van der Waals surface area contributed by atoms with Gasteiger partial charge in [0.05, 0.1) is 0 Å². The van der Waals surface area contributed by atoms with Gasteiger partial charge in [0.2, 0.25) is 5.89 Å². The summed E-state index contributed by atoms with van der Waals surface area (Å²) in [5.41, 5.74) is 5.95. The number of aryl methyl sites for hydroxylation is 3. The Morgan fingerprint density at radius 1 is 1.12 bits per heavy atom. The van der Waals surface area contributed by atoms with Gasteiger partial charge >= 0.3 is 0 Å². The first-order chi connectivity index (χ1) is 12.2. The fourth-order valence-electron chi connectivity index (χ4n) is 3.78. The highest BCUT2D eigenvalue weighted by Crippen LogP contribution is 2.39. The SMILES string of the molecule is Cc1cc(-c2nnc(-c3nn(C)c4c3CCC(C)(C)C4)o2)cc(C)c1O. The third kappa shape index (κ3) is 2.69. The third-order valence-corrected chi connectivity index (χ3v) is 5.34. The molecular weight excluding hydrogens is 328 g/mol. The molecule has 26 heavy (non-hydrogen) atoms. The molecule has 3 aromatic rings. The molecule has 0 atom stereocenters. The average Bonchev–Trinajstić information content (AvgIpc) is 3.17. The Kier molecular flexibility index (Phi) is 3.68. The maximum absolute atomic E-state index is 9.96. The van der Waals surface area contributed by atoms with Crippen LogP contribution in [0.15, 0.2) is 16.5 Å². The number of phenolic OH excluding ortho intramolecular Hbond substituents is 1. The zero-order chi connectivity index (χ0) is 18.6. The number of fused-ring (bicyclic) bond motifs is 1. The van der Waals surface area contributed by atoms with Gasteiger partial charge in [-0.2, -0.15) is 5.10 Å². The van der Waals surface area contributed by atoms with Crippen LogP contribution in [0.4, 0.5) is 0 Å². The van der Waals surface area contributed by atoms with Crippen molar-refractivity contribution in [3.8, 4) is 28.8 Å². The summed E-state index contributed by atoms with van der Waals surface area (Å²) in [5, 5.41) is 23.1. The van der Waals surface area contributed by atoms with E-state index in [-0.39, 0.29) is 0 Å². The maximum Gasteiger partial charge on any atom is 0.268 e. The molecular formula is C20H24N4O2. The van der Waals surface area contributed by atoms with Crippen LogP contribution in [-0.2, 0) is 19.9 Å². The smallest absolute Gasteiger partial charge is 0.268 e. The molecule has 1 aliphatic carbocycles. The number of nitrogens with zero attached hydrogens (tertiary/aromatic N) is 4. The van der Waals surface area contributed by atoms with Crippen molar-refractivity contribution < 1.29 is 9.52 Å². The third-order valence-electron chi connectivity index (χ3n) is 5.34. The molecule has 2 heterocycles. The second-order valence-electron chi connectivity index (χ2n) is 8.11. The predicted octanol–water partition coefficient (Wildman–Crippen LogP) is 3.97. The van der Waals surface area contributed by atoms with E-state index < -0.39 is 0 Å². The molecule has 0 amide bonds. The van der Waals surface area contributed by atoms with Crippen LogP contribution >= 0.6 is 0 Å². The number of hydrogen-bond donors (Lipinski definition) is 1. The summed E-state index contributed by atoms with van der Waals surface area (Å²) >= 11 is 0. The highest BCUT2D eigenvalue weighted by Gasteiger charge is 2.32. The van der Waals surface area contributed by atoms with Crippen molar-refractivity contribution in [2.24, 2.45) is 12.5 Å². The molecule has 2 aromatic heterocycles. The van der Waals surface area contributed by atoms with Crippen LogP contribution in [0.3, 0.4) is 0 Å². The monoisotopic (exact) mass is 352 g/mol. The second-order valence-corrected chi connectivity index (χ2v) is 8.11. The van der Waals surface area contributed by atoms with E-state index in [9.17, 15) is 5.11 Å². The lowest BCUT2D eigenvalue weighted by molar-refractivity contribution is 0.307. The minimum absolute atomic E-state index is 0.291. The average molecular weight is 352 g/mol. The van der Waals surface area contributed by atoms with E-state index in [1.165, 1.54) is 11.3 Å². The standard InChI is InChI=1S/C20H24N4O2/c1-11-8-13(9-12(2)17(11)25)18-21-22-19(26-18)16-14-6-7-20(3,4)10-15(14)24(5)23-16/h8-9,25H,6-7,10H2,1-5H3. The molecule has 0 fully saturated rings. The number of aromatic nitrogens is 4. The molecule has 0 radical (unpaired) electrons. The van der Waals surface area contributed by atoms with Crippen molar-refractivity contribution in [1.82, 2.24) is 20.0 Å². The molecule has 6 nitrogen and oxygen atoms in total. The molecule has 0 bridgehead atoms. The lowest BCUT2D eigenvalue weighted by atomic mass is 9.76. The van der Waals surface area contributed by atoms with Crippen LogP contribution in [0.5, 0.6) is 5.75 Å². The molecule has 1 aromatic carbocycles. The molecule has 0 saturated heterocycles. The minimum atomic E-state index is 0.291. The Bertz CT molecular complexity index is 974. The molecule has 4 rings (SSSR count). The van der Waals surface area contributed by atoms with Crippen molar-refractivity contribution >= 4 is 0 Å². The number of rotatable bonds is 2. The summed E-state index contributed by atoms with van der Waals surface area (Å²) < 4.78 is 7.91. The van der Waals surface area contributed by atoms with Gasteiger partial charge in [0.1, 0.15) is 5.75 Å². The van der Waals surface area contributed by atoms with Crippen LogP contribution < -0.4 is 0 Å². The first kappa shape index (κ1) is 16.8. The van der Waals surface area contributed by atoms with E-state index in [2.05, 4.69) is 29.1 Å². The zero-order valence-electron chi connectivity index (χ0n) is 15.9. The quantitative estimate of drug-likeness (QED) is 0.755. The highest BCUT2D eigenvalue weighted by molar-refractivity contribution is 5.62. The normalized spacial score (nSPS) is 15.9. The first-order valence-electron chi connectivity index (χ1n) is 8.94.